The maximum absolute atomic E-state index is 12.9. The summed E-state index contributed by atoms with van der Waals surface area (Å²) in [5, 5.41) is 7.07. The van der Waals surface area contributed by atoms with Crippen LogP contribution in [-0.2, 0) is 27.4 Å². The lowest BCUT2D eigenvalue weighted by molar-refractivity contribution is -0.119. The lowest BCUT2D eigenvalue weighted by atomic mass is 10.1. The van der Waals surface area contributed by atoms with Gasteiger partial charge in [-0.25, -0.2) is 9.78 Å². The Labute approximate surface area is 199 Å². The smallest absolute Gasteiger partial charge is 0.356 e. The zero-order valence-corrected chi connectivity index (χ0v) is 20.0. The molecule has 0 bridgehead atoms. The van der Waals surface area contributed by atoms with E-state index < -0.39 is 5.97 Å². The van der Waals surface area contributed by atoms with Gasteiger partial charge in [0.15, 0.2) is 5.69 Å². The van der Waals surface area contributed by atoms with Gasteiger partial charge < -0.3 is 24.7 Å². The van der Waals surface area contributed by atoms with E-state index in [-0.39, 0.29) is 23.6 Å². The second kappa shape index (κ2) is 10.7. The van der Waals surface area contributed by atoms with Gasteiger partial charge in [-0.3, -0.25) is 4.79 Å². The zero-order valence-electron chi connectivity index (χ0n) is 20.0. The first kappa shape index (κ1) is 23.8. The summed E-state index contributed by atoms with van der Waals surface area (Å²) in [6, 6.07) is 12.0. The minimum Gasteiger partial charge on any atom is -0.464 e. The van der Waals surface area contributed by atoms with Crippen molar-refractivity contribution < 1.29 is 19.1 Å². The van der Waals surface area contributed by atoms with Crippen LogP contribution in [0.1, 0.15) is 49.2 Å². The van der Waals surface area contributed by atoms with E-state index in [1.165, 1.54) is 7.11 Å². The number of nitrogens with one attached hydrogen (secondary N) is 2. The van der Waals surface area contributed by atoms with Crippen molar-refractivity contribution in [1.29, 1.82) is 0 Å². The van der Waals surface area contributed by atoms with Gasteiger partial charge in [-0.2, -0.15) is 0 Å². The number of methoxy groups -OCH3 is 1. The number of esters is 1. The van der Waals surface area contributed by atoms with E-state index in [4.69, 9.17) is 14.5 Å². The molecule has 34 heavy (non-hydrogen) atoms. The number of pyridine rings is 1. The Hall–Kier alpha value is -3.39. The van der Waals surface area contributed by atoms with Crippen LogP contribution in [0.4, 0.5) is 11.4 Å². The highest BCUT2D eigenvalue weighted by Gasteiger charge is 2.29. The fraction of sp³-hybridized carbons (Fsp3) is 0.423. The fourth-order valence-corrected chi connectivity index (χ4v) is 4.16. The number of anilines is 2. The molecule has 3 heterocycles. The number of benzene rings is 1. The number of carbonyl (C=O) groups is 2. The maximum atomic E-state index is 12.9. The number of ether oxygens (including phenoxy) is 2. The molecule has 8 nitrogen and oxygen atoms in total. The molecular weight excluding hydrogens is 432 g/mol. The number of aromatic nitrogens is 2. The molecule has 180 valence electrons. The molecule has 0 spiro atoms. The first-order chi connectivity index (χ1) is 16.5. The number of fused-ring (bicyclic) bond motifs is 1. The molecule has 2 aromatic heterocycles. The van der Waals surface area contributed by atoms with Crippen LogP contribution in [0.25, 0.3) is 11.0 Å². The Morgan fingerprint density at radius 2 is 2.09 bits per heavy atom. The van der Waals surface area contributed by atoms with E-state index in [1.54, 1.807) is 6.20 Å². The van der Waals surface area contributed by atoms with Crippen LogP contribution in [0.3, 0.4) is 0 Å². The minimum absolute atomic E-state index is 0.0187. The Morgan fingerprint density at radius 3 is 2.76 bits per heavy atom. The molecule has 0 saturated carbocycles. The predicted octanol–water partition coefficient (Wildman–Crippen LogP) is 4.60. The van der Waals surface area contributed by atoms with E-state index in [0.29, 0.717) is 42.8 Å². The fourth-order valence-electron chi connectivity index (χ4n) is 4.16. The summed E-state index contributed by atoms with van der Waals surface area (Å²) in [6.07, 6.45) is 4.31. The molecule has 3 aromatic rings. The monoisotopic (exact) mass is 464 g/mol. The van der Waals surface area contributed by atoms with E-state index in [2.05, 4.69) is 10.6 Å². The molecule has 4 rings (SSSR count). The van der Waals surface area contributed by atoms with Gasteiger partial charge in [-0.1, -0.05) is 44.2 Å². The first-order valence-electron chi connectivity index (χ1n) is 11.8. The summed E-state index contributed by atoms with van der Waals surface area (Å²) >= 11 is 0. The van der Waals surface area contributed by atoms with E-state index >= 15 is 0 Å². The highest BCUT2D eigenvalue weighted by atomic mass is 16.5. The topological polar surface area (TPSA) is 94.5 Å². The van der Waals surface area contributed by atoms with Crippen molar-refractivity contribution in [2.24, 2.45) is 5.92 Å². The van der Waals surface area contributed by atoms with Crippen LogP contribution in [-0.4, -0.2) is 41.2 Å². The summed E-state index contributed by atoms with van der Waals surface area (Å²) in [6.45, 7) is 5.62. The summed E-state index contributed by atoms with van der Waals surface area (Å²) in [5.74, 6) is -0.866. The van der Waals surface area contributed by atoms with Crippen LogP contribution < -0.4 is 10.6 Å². The Balaban J connectivity index is 1.77. The lowest BCUT2D eigenvalue weighted by Gasteiger charge is -2.15. The number of hydrogen-bond acceptors (Lipinski definition) is 6. The zero-order chi connectivity index (χ0) is 24.1. The standard InChI is InChI=1S/C26H32N4O4/c1-4-17(2)25(31)29-22-21-13-19(27-14-18-9-6-5-7-10-18)15-28-24(21)30(23(22)26(32)33-3)16-20-11-8-12-34-20/h5-7,9-10,13,15,17,20,27H,4,8,11-12,14,16H2,1-3H3,(H,29,31). The quantitative estimate of drug-likeness (QED) is 0.450. The minimum atomic E-state index is -0.519. The molecule has 8 heteroatoms. The van der Waals surface area contributed by atoms with Gasteiger partial charge in [0.2, 0.25) is 5.91 Å². The lowest BCUT2D eigenvalue weighted by Crippen LogP contribution is -2.23. The second-order valence-electron chi connectivity index (χ2n) is 8.69. The molecule has 1 fully saturated rings. The second-order valence-corrected chi connectivity index (χ2v) is 8.69. The van der Waals surface area contributed by atoms with Gasteiger partial charge in [-0.05, 0) is 30.9 Å². The van der Waals surface area contributed by atoms with E-state index in [0.717, 1.165) is 24.1 Å². The summed E-state index contributed by atoms with van der Waals surface area (Å²) < 4.78 is 12.8. The molecule has 2 atom stereocenters. The highest BCUT2D eigenvalue weighted by molar-refractivity contribution is 6.11. The van der Waals surface area contributed by atoms with Crippen molar-refractivity contribution in [3.05, 3.63) is 53.9 Å². The molecular formula is C26H32N4O4. The summed E-state index contributed by atoms with van der Waals surface area (Å²) in [7, 11) is 1.34. The molecule has 0 radical (unpaired) electrons. The third-order valence-corrected chi connectivity index (χ3v) is 6.33. The Bertz CT molecular complexity index is 1150. The Morgan fingerprint density at radius 1 is 1.29 bits per heavy atom. The van der Waals surface area contributed by atoms with Gasteiger partial charge >= 0.3 is 5.97 Å². The molecule has 1 aromatic carbocycles. The van der Waals surface area contributed by atoms with Crippen molar-refractivity contribution in [3.63, 3.8) is 0 Å². The van der Waals surface area contributed by atoms with Crippen LogP contribution >= 0.6 is 0 Å². The predicted molar refractivity (Wildman–Crippen MR) is 132 cm³/mol. The molecule has 1 saturated heterocycles. The third-order valence-electron chi connectivity index (χ3n) is 6.33. The van der Waals surface area contributed by atoms with Crippen molar-refractivity contribution in [2.45, 2.75) is 52.3 Å². The molecule has 2 N–H and O–H groups in total. The van der Waals surface area contributed by atoms with Crippen LogP contribution in [0.15, 0.2) is 42.6 Å². The third kappa shape index (κ3) is 5.07. The summed E-state index contributed by atoms with van der Waals surface area (Å²) in [4.78, 5) is 30.5. The van der Waals surface area contributed by atoms with Gasteiger partial charge in [0.05, 0.1) is 37.3 Å². The van der Waals surface area contributed by atoms with Crippen LogP contribution in [0, 0.1) is 5.92 Å². The average Bonchev–Trinajstić information content (AvgIpc) is 3.49. The maximum Gasteiger partial charge on any atom is 0.356 e. The van der Waals surface area contributed by atoms with Gasteiger partial charge in [0, 0.05) is 24.5 Å². The Kier molecular flexibility index (Phi) is 7.47. The van der Waals surface area contributed by atoms with Gasteiger partial charge in [0.1, 0.15) is 5.65 Å². The molecule has 0 aliphatic carbocycles. The van der Waals surface area contributed by atoms with Crippen molar-refractivity contribution in [3.8, 4) is 0 Å². The summed E-state index contributed by atoms with van der Waals surface area (Å²) in [5.41, 5.74) is 3.26. The van der Waals surface area contributed by atoms with Gasteiger partial charge in [-0.15, -0.1) is 0 Å². The molecule has 1 aliphatic heterocycles. The van der Waals surface area contributed by atoms with E-state index in [9.17, 15) is 9.59 Å². The SMILES string of the molecule is CCC(C)C(=O)Nc1c(C(=O)OC)n(CC2CCCO2)c2ncc(NCc3ccccc3)cc12. The highest BCUT2D eigenvalue weighted by Crippen LogP contribution is 2.34. The number of carbonyl (C=O) groups excluding carboxylic acids is 2. The molecule has 2 unspecified atom stereocenters. The van der Waals surface area contributed by atoms with E-state index in [1.807, 2.05) is 54.8 Å². The first-order valence-corrected chi connectivity index (χ1v) is 11.8. The van der Waals surface area contributed by atoms with Gasteiger partial charge in [0.25, 0.3) is 0 Å². The number of amides is 1. The van der Waals surface area contributed by atoms with Crippen LogP contribution in [0.5, 0.6) is 0 Å². The normalized spacial score (nSPS) is 16.4. The molecule has 1 aliphatic rings. The van der Waals surface area contributed by atoms with Crippen molar-refractivity contribution >= 4 is 34.3 Å². The van der Waals surface area contributed by atoms with Crippen molar-refractivity contribution in [1.82, 2.24) is 9.55 Å². The number of hydrogen-bond donors (Lipinski definition) is 2. The average molecular weight is 465 g/mol. The van der Waals surface area contributed by atoms with Crippen molar-refractivity contribution in [2.75, 3.05) is 24.4 Å². The number of rotatable bonds is 9. The van der Waals surface area contributed by atoms with Crippen LogP contribution in [0.2, 0.25) is 0 Å². The number of nitrogens with zero attached hydrogens (tertiary/aromatic N) is 2. The molecule has 1 amide bonds. The largest absolute Gasteiger partial charge is 0.464 e.